The fraction of sp³-hybridized carbons (Fsp3) is 0.269. The van der Waals surface area contributed by atoms with Gasteiger partial charge in [0.2, 0.25) is 0 Å². The fourth-order valence-corrected chi connectivity index (χ4v) is 6.77. The van der Waals surface area contributed by atoms with Crippen molar-refractivity contribution in [2.24, 2.45) is 0 Å². The van der Waals surface area contributed by atoms with E-state index in [2.05, 4.69) is 0 Å². The lowest BCUT2D eigenvalue weighted by atomic mass is 9.94. The molecule has 2 saturated heterocycles. The van der Waals surface area contributed by atoms with Gasteiger partial charge in [0.15, 0.2) is 9.84 Å². The minimum absolute atomic E-state index is 0.140. The molecule has 2 heterocycles. The van der Waals surface area contributed by atoms with Crippen LogP contribution in [-0.2, 0) is 25.9 Å². The second-order valence-corrected chi connectivity index (χ2v) is 10.6. The molecule has 3 aromatic carbocycles. The van der Waals surface area contributed by atoms with E-state index in [9.17, 15) is 13.2 Å². The van der Waals surface area contributed by atoms with Crippen molar-refractivity contribution in [1.82, 2.24) is 4.90 Å². The van der Waals surface area contributed by atoms with Crippen LogP contribution < -0.4 is 0 Å². The molecule has 0 bridgehead atoms. The number of carbonyl (C=O) groups is 1. The largest absolute Gasteiger partial charge is 0.441 e. The molecule has 4 atom stereocenters. The van der Waals surface area contributed by atoms with Crippen LogP contribution in [0, 0.1) is 6.92 Å². The number of aryl methyl sites for hydroxylation is 1. The smallest absolute Gasteiger partial charge is 0.410 e. The first kappa shape index (κ1) is 21.7. The molecule has 1 amide bonds. The maximum Gasteiger partial charge on any atom is 0.410 e. The number of sulfone groups is 1. The molecule has 2 fully saturated rings. The van der Waals surface area contributed by atoms with Crippen molar-refractivity contribution in [2.75, 3.05) is 6.61 Å². The van der Waals surface area contributed by atoms with E-state index < -0.39 is 39.4 Å². The van der Waals surface area contributed by atoms with Crippen molar-refractivity contribution in [1.29, 1.82) is 0 Å². The van der Waals surface area contributed by atoms with Crippen LogP contribution in [0.3, 0.4) is 0 Å². The Kier molecular flexibility index (Phi) is 5.68. The van der Waals surface area contributed by atoms with Gasteiger partial charge in [0, 0.05) is 6.54 Å². The number of carbonyl (C=O) groups excluding carboxylic acids is 1. The molecule has 7 heteroatoms. The van der Waals surface area contributed by atoms with Gasteiger partial charge in [0.1, 0.15) is 17.5 Å². The molecule has 0 unspecified atom stereocenters. The summed E-state index contributed by atoms with van der Waals surface area (Å²) in [6, 6.07) is 25.0. The van der Waals surface area contributed by atoms with E-state index in [4.69, 9.17) is 9.47 Å². The van der Waals surface area contributed by atoms with E-state index in [1.54, 1.807) is 29.2 Å². The van der Waals surface area contributed by atoms with Gasteiger partial charge in [0.25, 0.3) is 0 Å². The Bertz CT molecular complexity index is 1230. The SMILES string of the molecule is Cc1ccc(S(=O)(=O)[C@@H]2[C@@H]3[C@H](CO[C@H]2c2ccccc2)OC(=O)N3Cc2ccccc2)cc1. The standard InChI is InChI=1S/C26H25NO5S/c1-18-12-14-21(15-13-18)33(29,30)25-23-22(17-31-24(25)20-10-6-3-7-11-20)32-26(28)27(23)16-19-8-4-2-5-9-19/h2-15,22-25H,16-17H2,1H3/t22-,23-,24-,25+/m0/s1. The van der Waals surface area contributed by atoms with Gasteiger partial charge in [-0.2, -0.15) is 0 Å². The molecule has 2 aliphatic heterocycles. The highest BCUT2D eigenvalue weighted by molar-refractivity contribution is 7.92. The molecule has 6 nitrogen and oxygen atoms in total. The lowest BCUT2D eigenvalue weighted by Crippen LogP contribution is -2.56. The Morgan fingerprint density at radius 1 is 0.909 bits per heavy atom. The van der Waals surface area contributed by atoms with E-state index >= 15 is 0 Å². The molecule has 0 saturated carbocycles. The predicted octanol–water partition coefficient (Wildman–Crippen LogP) is 4.30. The zero-order chi connectivity index (χ0) is 23.0. The van der Waals surface area contributed by atoms with Crippen molar-refractivity contribution < 1.29 is 22.7 Å². The van der Waals surface area contributed by atoms with Gasteiger partial charge in [-0.3, -0.25) is 4.90 Å². The second kappa shape index (κ2) is 8.65. The van der Waals surface area contributed by atoms with Gasteiger partial charge in [-0.25, -0.2) is 13.2 Å². The monoisotopic (exact) mass is 463 g/mol. The number of benzene rings is 3. The van der Waals surface area contributed by atoms with E-state index in [0.717, 1.165) is 16.7 Å². The molecule has 0 radical (unpaired) electrons. The third-order valence-corrected chi connectivity index (χ3v) is 8.51. The summed E-state index contributed by atoms with van der Waals surface area (Å²) in [6.45, 7) is 2.32. The summed E-state index contributed by atoms with van der Waals surface area (Å²) in [7, 11) is -3.88. The number of ether oxygens (including phenoxy) is 2. The van der Waals surface area contributed by atoms with Crippen LogP contribution in [0.15, 0.2) is 89.8 Å². The first-order valence-electron chi connectivity index (χ1n) is 10.9. The third kappa shape index (κ3) is 4.03. The van der Waals surface area contributed by atoms with Crippen LogP contribution in [0.2, 0.25) is 0 Å². The van der Waals surface area contributed by atoms with E-state index in [1.807, 2.05) is 67.6 Å². The highest BCUT2D eigenvalue weighted by Gasteiger charge is 2.57. The Morgan fingerprint density at radius 3 is 2.21 bits per heavy atom. The van der Waals surface area contributed by atoms with Crippen molar-refractivity contribution in [3.63, 3.8) is 0 Å². The molecule has 3 aromatic rings. The number of rotatable bonds is 5. The summed E-state index contributed by atoms with van der Waals surface area (Å²) in [5.41, 5.74) is 2.64. The van der Waals surface area contributed by atoms with Crippen LogP contribution in [0.25, 0.3) is 0 Å². The molecule has 33 heavy (non-hydrogen) atoms. The Labute approximate surface area is 193 Å². The molecule has 5 rings (SSSR count). The second-order valence-electron chi connectivity index (χ2n) is 8.51. The molecule has 0 aliphatic carbocycles. The Balaban J connectivity index is 1.61. The molecule has 0 N–H and O–H groups in total. The normalized spacial score (nSPS) is 24.9. The number of hydrogen-bond acceptors (Lipinski definition) is 5. The van der Waals surface area contributed by atoms with Crippen molar-refractivity contribution >= 4 is 15.9 Å². The van der Waals surface area contributed by atoms with Gasteiger partial charge >= 0.3 is 6.09 Å². The average Bonchev–Trinajstić information content (AvgIpc) is 3.14. The van der Waals surface area contributed by atoms with Crippen molar-refractivity contribution in [3.8, 4) is 0 Å². The quantitative estimate of drug-likeness (QED) is 0.564. The molecular formula is C26H25NO5S. The summed E-state index contributed by atoms with van der Waals surface area (Å²) in [4.78, 5) is 14.7. The van der Waals surface area contributed by atoms with E-state index in [-0.39, 0.29) is 18.0 Å². The van der Waals surface area contributed by atoms with Crippen LogP contribution >= 0.6 is 0 Å². The molecular weight excluding hydrogens is 438 g/mol. The van der Waals surface area contributed by atoms with E-state index in [1.165, 1.54) is 0 Å². The van der Waals surface area contributed by atoms with Crippen LogP contribution in [0.1, 0.15) is 22.8 Å². The Hall–Kier alpha value is -3.16. The zero-order valence-corrected chi connectivity index (χ0v) is 19.0. The number of nitrogens with zero attached hydrogens (tertiary/aromatic N) is 1. The Morgan fingerprint density at radius 2 is 1.55 bits per heavy atom. The van der Waals surface area contributed by atoms with Crippen LogP contribution in [0.4, 0.5) is 4.79 Å². The number of amides is 1. The highest BCUT2D eigenvalue weighted by Crippen LogP contribution is 2.42. The van der Waals surface area contributed by atoms with Gasteiger partial charge in [-0.15, -0.1) is 0 Å². The third-order valence-electron chi connectivity index (χ3n) is 6.33. The molecule has 2 aliphatic rings. The maximum atomic E-state index is 14.1. The fourth-order valence-electron chi connectivity index (χ4n) is 4.69. The lowest BCUT2D eigenvalue weighted by Gasteiger charge is -2.40. The van der Waals surface area contributed by atoms with Crippen LogP contribution in [-0.4, -0.2) is 43.4 Å². The first-order valence-corrected chi connectivity index (χ1v) is 12.5. The summed E-state index contributed by atoms with van der Waals surface area (Å²) in [5.74, 6) is 0. The number of hydrogen-bond donors (Lipinski definition) is 0. The van der Waals surface area contributed by atoms with Gasteiger partial charge in [0.05, 0.1) is 17.5 Å². The first-order chi connectivity index (χ1) is 15.9. The van der Waals surface area contributed by atoms with Crippen molar-refractivity contribution in [2.45, 2.75) is 41.9 Å². The van der Waals surface area contributed by atoms with Crippen molar-refractivity contribution in [3.05, 3.63) is 102 Å². The summed E-state index contributed by atoms with van der Waals surface area (Å²) < 4.78 is 39.8. The number of fused-ring (bicyclic) bond motifs is 1. The maximum absolute atomic E-state index is 14.1. The van der Waals surface area contributed by atoms with Crippen LogP contribution in [0.5, 0.6) is 0 Å². The van der Waals surface area contributed by atoms with Gasteiger partial charge in [-0.1, -0.05) is 78.4 Å². The minimum atomic E-state index is -3.88. The summed E-state index contributed by atoms with van der Waals surface area (Å²) >= 11 is 0. The molecule has 170 valence electrons. The van der Waals surface area contributed by atoms with Gasteiger partial charge < -0.3 is 9.47 Å². The summed E-state index contributed by atoms with van der Waals surface area (Å²) in [5, 5.41) is -1.02. The predicted molar refractivity (Wildman–Crippen MR) is 123 cm³/mol. The zero-order valence-electron chi connectivity index (χ0n) is 18.2. The molecule has 0 spiro atoms. The minimum Gasteiger partial charge on any atom is -0.441 e. The van der Waals surface area contributed by atoms with E-state index in [0.29, 0.717) is 0 Å². The topological polar surface area (TPSA) is 72.9 Å². The molecule has 0 aromatic heterocycles. The average molecular weight is 464 g/mol. The summed E-state index contributed by atoms with van der Waals surface area (Å²) in [6.07, 6.45) is -1.91. The highest BCUT2D eigenvalue weighted by atomic mass is 32.2. The lowest BCUT2D eigenvalue weighted by molar-refractivity contribution is -0.0576. The van der Waals surface area contributed by atoms with Gasteiger partial charge in [-0.05, 0) is 30.2 Å².